The van der Waals surface area contributed by atoms with Gasteiger partial charge in [-0.25, -0.2) is 0 Å². The number of hydrogen-bond acceptors (Lipinski definition) is 2. The maximum atomic E-state index is 4.59. The van der Waals surface area contributed by atoms with Gasteiger partial charge in [0.15, 0.2) is 0 Å². The van der Waals surface area contributed by atoms with Crippen molar-refractivity contribution < 1.29 is 0 Å². The van der Waals surface area contributed by atoms with Crippen molar-refractivity contribution in [3.63, 3.8) is 0 Å². The van der Waals surface area contributed by atoms with E-state index in [0.29, 0.717) is 0 Å². The lowest BCUT2D eigenvalue weighted by atomic mass is 9.86. The number of fused-ring (bicyclic) bond motifs is 4. The van der Waals surface area contributed by atoms with Gasteiger partial charge in [-0.3, -0.25) is 9.97 Å². The molecule has 0 N–H and O–H groups in total. The molecule has 0 aliphatic heterocycles. The van der Waals surface area contributed by atoms with E-state index in [1.807, 2.05) is 24.8 Å². The second-order valence-electron chi connectivity index (χ2n) is 13.3. The Morgan fingerprint density at radius 3 is 0.846 bits per heavy atom. The Hall–Kier alpha value is -6.90. The molecule has 0 atom stereocenters. The van der Waals surface area contributed by atoms with Crippen LogP contribution in [0, 0.1) is 0 Å². The van der Waals surface area contributed by atoms with Gasteiger partial charge in [-0.2, -0.15) is 0 Å². The van der Waals surface area contributed by atoms with Crippen LogP contribution in [-0.2, 0) is 0 Å². The quantitative estimate of drug-likeness (QED) is 0.172. The molecule has 2 heterocycles. The van der Waals surface area contributed by atoms with E-state index in [4.69, 9.17) is 0 Å². The Morgan fingerprint density at radius 2 is 0.481 bits per heavy atom. The molecule has 0 saturated carbocycles. The maximum Gasteiger partial charge on any atom is 0.0353 e. The summed E-state index contributed by atoms with van der Waals surface area (Å²) < 4.78 is 0. The van der Waals surface area contributed by atoms with Crippen LogP contribution in [-0.4, -0.2) is 9.97 Å². The lowest BCUT2D eigenvalue weighted by Gasteiger charge is -2.18. The van der Waals surface area contributed by atoms with E-state index in [1.54, 1.807) is 0 Å². The second-order valence-corrected chi connectivity index (χ2v) is 13.3. The highest BCUT2D eigenvalue weighted by Gasteiger charge is 2.18. The molecule has 52 heavy (non-hydrogen) atoms. The van der Waals surface area contributed by atoms with Crippen LogP contribution in [0.2, 0.25) is 0 Å². The summed E-state index contributed by atoms with van der Waals surface area (Å²) in [5.41, 5.74) is 12.1. The topological polar surface area (TPSA) is 25.8 Å². The molecule has 0 aliphatic carbocycles. The number of rotatable bonds is 5. The van der Waals surface area contributed by atoms with Gasteiger partial charge < -0.3 is 0 Å². The number of benzene rings is 8. The third-order valence-corrected chi connectivity index (χ3v) is 10.5. The Morgan fingerprint density at radius 1 is 0.212 bits per heavy atom. The molecular weight excluding hydrogens is 629 g/mol. The monoisotopic (exact) mass is 660 g/mol. The zero-order valence-electron chi connectivity index (χ0n) is 28.4. The summed E-state index contributed by atoms with van der Waals surface area (Å²) in [6.45, 7) is 0. The predicted octanol–water partition coefficient (Wildman–Crippen LogP) is 13.4. The highest BCUT2D eigenvalue weighted by molar-refractivity contribution is 6.22. The Bertz CT molecular complexity index is 2590. The molecule has 8 aromatic carbocycles. The molecule has 0 saturated heterocycles. The summed E-state index contributed by atoms with van der Waals surface area (Å²) in [5, 5.41) is 9.68. The number of hydrogen-bond donors (Lipinski definition) is 0. The van der Waals surface area contributed by atoms with Crippen molar-refractivity contribution in [1.29, 1.82) is 0 Å². The first-order valence-corrected chi connectivity index (χ1v) is 17.7. The fraction of sp³-hybridized carbons (Fsp3) is 0. The Balaban J connectivity index is 1.07. The lowest BCUT2D eigenvalue weighted by Crippen LogP contribution is -1.92. The molecule has 0 amide bonds. The van der Waals surface area contributed by atoms with Crippen LogP contribution in [0.1, 0.15) is 0 Å². The van der Waals surface area contributed by atoms with E-state index in [0.717, 1.165) is 10.8 Å². The number of pyridine rings is 2. The van der Waals surface area contributed by atoms with Crippen molar-refractivity contribution in [1.82, 2.24) is 9.97 Å². The first kappa shape index (κ1) is 30.0. The third-order valence-electron chi connectivity index (χ3n) is 10.5. The van der Waals surface area contributed by atoms with Crippen LogP contribution >= 0.6 is 0 Å². The summed E-state index contributed by atoms with van der Waals surface area (Å²) in [6, 6.07) is 61.2. The van der Waals surface area contributed by atoms with Gasteiger partial charge in [-0.15, -0.1) is 0 Å². The molecule has 2 aromatic heterocycles. The molecule has 2 heteroatoms. The van der Waals surface area contributed by atoms with Gasteiger partial charge in [0.1, 0.15) is 0 Å². The van der Waals surface area contributed by atoms with Crippen LogP contribution in [0.25, 0.3) is 98.7 Å². The van der Waals surface area contributed by atoms with Crippen molar-refractivity contribution in [2.75, 3.05) is 0 Å². The number of aromatic nitrogens is 2. The molecule has 10 rings (SSSR count). The predicted molar refractivity (Wildman–Crippen MR) is 219 cm³/mol. The summed E-state index contributed by atoms with van der Waals surface area (Å²) in [7, 11) is 0. The summed E-state index contributed by atoms with van der Waals surface area (Å²) in [6.07, 6.45) is 7.84. The zero-order chi connectivity index (χ0) is 34.4. The molecule has 0 spiro atoms. The first-order valence-electron chi connectivity index (χ1n) is 17.7. The van der Waals surface area contributed by atoms with Gasteiger partial charge >= 0.3 is 0 Å². The molecule has 2 nitrogen and oxygen atoms in total. The molecule has 10 aromatic rings. The van der Waals surface area contributed by atoms with Gasteiger partial charge in [0.05, 0.1) is 0 Å². The van der Waals surface area contributed by atoms with Crippen LogP contribution in [0.5, 0.6) is 0 Å². The van der Waals surface area contributed by atoms with Crippen molar-refractivity contribution >= 4 is 43.1 Å². The van der Waals surface area contributed by atoms with Gasteiger partial charge in [-0.1, -0.05) is 158 Å². The minimum atomic E-state index is 1.16. The lowest BCUT2D eigenvalue weighted by molar-refractivity contribution is 1.37. The van der Waals surface area contributed by atoms with Gasteiger partial charge in [0.2, 0.25) is 0 Å². The molecule has 0 unspecified atom stereocenters. The van der Waals surface area contributed by atoms with E-state index in [9.17, 15) is 0 Å². The fourth-order valence-electron chi connectivity index (χ4n) is 8.15. The molecule has 0 radical (unpaired) electrons. The van der Waals surface area contributed by atoms with Gasteiger partial charge in [-0.05, 0) is 100 Å². The summed E-state index contributed by atoms with van der Waals surface area (Å²) in [5.74, 6) is 0. The SMILES string of the molecule is c1ccc(-c2c3ccccc3c(-c3ccc(-c4ccc(-c5c6ccccc6c(-c6ccccc6)c6ccncc56)cc4)cc3)c3cnccc23)cc1. The average Bonchev–Trinajstić information content (AvgIpc) is 3.22. The molecule has 0 aliphatic rings. The van der Waals surface area contributed by atoms with E-state index in [-0.39, 0.29) is 0 Å². The molecule has 242 valence electrons. The average molecular weight is 661 g/mol. The zero-order valence-corrected chi connectivity index (χ0v) is 28.4. The van der Waals surface area contributed by atoms with Crippen molar-refractivity contribution in [2.45, 2.75) is 0 Å². The van der Waals surface area contributed by atoms with E-state index in [2.05, 4.69) is 180 Å². The van der Waals surface area contributed by atoms with Gasteiger partial charge in [0, 0.05) is 35.6 Å². The van der Waals surface area contributed by atoms with Crippen molar-refractivity contribution in [2.24, 2.45) is 0 Å². The standard InChI is InChI=1S/C50H32N2/c1-3-11-35(12-4-1)47-39-15-7-9-17-41(39)49(45-31-51-29-27-43(45)47)37-23-19-33(20-24-37)34-21-25-38(26-22-34)50-42-18-10-8-16-40(42)48(36-13-5-2-6-14-36)44-28-30-52-32-46(44)50/h1-32H. The minimum absolute atomic E-state index is 1.16. The minimum Gasteiger partial charge on any atom is -0.264 e. The highest BCUT2D eigenvalue weighted by Crippen LogP contribution is 2.45. The van der Waals surface area contributed by atoms with E-state index >= 15 is 0 Å². The fourth-order valence-corrected chi connectivity index (χ4v) is 8.15. The Kier molecular flexibility index (Phi) is 7.18. The van der Waals surface area contributed by atoms with Crippen molar-refractivity contribution in [3.05, 3.63) is 195 Å². The van der Waals surface area contributed by atoms with Crippen LogP contribution < -0.4 is 0 Å². The molecular formula is C50H32N2. The maximum absolute atomic E-state index is 4.59. The normalized spacial score (nSPS) is 11.5. The largest absolute Gasteiger partial charge is 0.264 e. The van der Waals surface area contributed by atoms with Crippen LogP contribution in [0.3, 0.4) is 0 Å². The summed E-state index contributed by atoms with van der Waals surface area (Å²) >= 11 is 0. The number of nitrogens with zero attached hydrogens (tertiary/aromatic N) is 2. The third kappa shape index (κ3) is 4.88. The van der Waals surface area contributed by atoms with Crippen molar-refractivity contribution in [3.8, 4) is 55.6 Å². The first-order chi connectivity index (χ1) is 25.8. The van der Waals surface area contributed by atoms with Crippen LogP contribution in [0.4, 0.5) is 0 Å². The van der Waals surface area contributed by atoms with E-state index < -0.39 is 0 Å². The highest BCUT2D eigenvalue weighted by atomic mass is 14.6. The second kappa shape index (κ2) is 12.5. The molecule has 0 bridgehead atoms. The van der Waals surface area contributed by atoms with Crippen LogP contribution in [0.15, 0.2) is 195 Å². The molecule has 0 fully saturated rings. The van der Waals surface area contributed by atoms with E-state index in [1.165, 1.54) is 88.0 Å². The summed E-state index contributed by atoms with van der Waals surface area (Å²) in [4.78, 5) is 9.19. The smallest absolute Gasteiger partial charge is 0.0353 e. The Labute approximate surface area is 302 Å². The van der Waals surface area contributed by atoms with Gasteiger partial charge in [0.25, 0.3) is 0 Å².